The van der Waals surface area contributed by atoms with Gasteiger partial charge in [0.2, 0.25) is 0 Å². The van der Waals surface area contributed by atoms with Crippen LogP contribution in [0.3, 0.4) is 0 Å². The molecule has 0 radical (unpaired) electrons. The van der Waals surface area contributed by atoms with Crippen LogP contribution < -0.4 is 10.4 Å². The summed E-state index contributed by atoms with van der Waals surface area (Å²) >= 11 is 0. The highest BCUT2D eigenvalue weighted by molar-refractivity contribution is 6.99. The van der Waals surface area contributed by atoms with Crippen LogP contribution in [-0.4, -0.2) is 47.1 Å². The molecule has 5 heteroatoms. The smallest absolute Gasteiger partial charge is 0.261 e. The molecule has 1 heterocycles. The Bertz CT molecular complexity index is 981. The highest BCUT2D eigenvalue weighted by Gasteiger charge is 2.61. The molecule has 202 valence electrons. The number of hydrogen-bond acceptors (Lipinski definition) is 4. The van der Waals surface area contributed by atoms with Gasteiger partial charge in [-0.2, -0.15) is 0 Å². The van der Waals surface area contributed by atoms with Gasteiger partial charge in [0.25, 0.3) is 8.32 Å². The van der Waals surface area contributed by atoms with E-state index in [2.05, 4.69) is 108 Å². The van der Waals surface area contributed by atoms with E-state index in [4.69, 9.17) is 18.6 Å². The van der Waals surface area contributed by atoms with Crippen LogP contribution in [0.25, 0.3) is 0 Å². The minimum Gasteiger partial charge on any atom is -0.405 e. The van der Waals surface area contributed by atoms with Gasteiger partial charge >= 0.3 is 0 Å². The fourth-order valence-corrected chi connectivity index (χ4v) is 11.8. The van der Waals surface area contributed by atoms with E-state index < -0.39 is 8.32 Å². The minimum atomic E-state index is -2.60. The van der Waals surface area contributed by atoms with Crippen molar-refractivity contribution in [1.82, 2.24) is 0 Å². The topological polar surface area (TPSA) is 36.9 Å². The summed E-state index contributed by atoms with van der Waals surface area (Å²) < 4.78 is 25.3. The van der Waals surface area contributed by atoms with E-state index in [0.717, 1.165) is 19.3 Å². The van der Waals surface area contributed by atoms with E-state index in [0.29, 0.717) is 25.9 Å². The van der Waals surface area contributed by atoms with Crippen molar-refractivity contribution in [3.05, 3.63) is 73.3 Å². The van der Waals surface area contributed by atoms with Crippen LogP contribution in [0, 0.1) is 17.3 Å². The first-order valence-electron chi connectivity index (χ1n) is 13.7. The zero-order valence-electron chi connectivity index (χ0n) is 23.7. The Morgan fingerprint density at radius 2 is 1.62 bits per heavy atom. The Morgan fingerprint density at radius 3 is 2.14 bits per heavy atom. The van der Waals surface area contributed by atoms with E-state index >= 15 is 0 Å². The fraction of sp³-hybridized carbons (Fsp3) is 0.562. The summed E-state index contributed by atoms with van der Waals surface area (Å²) in [6.45, 7) is 17.5. The fourth-order valence-electron chi connectivity index (χ4n) is 7.22. The van der Waals surface area contributed by atoms with Crippen molar-refractivity contribution in [3.63, 3.8) is 0 Å². The van der Waals surface area contributed by atoms with Gasteiger partial charge in [0.1, 0.15) is 6.79 Å². The summed E-state index contributed by atoms with van der Waals surface area (Å²) in [7, 11) is -0.931. The second-order valence-corrected chi connectivity index (χ2v) is 16.7. The Hall–Kier alpha value is -1.76. The van der Waals surface area contributed by atoms with Gasteiger partial charge in [-0.05, 0) is 40.6 Å². The lowest BCUT2D eigenvalue weighted by Crippen LogP contribution is -2.67. The lowest BCUT2D eigenvalue weighted by atomic mass is 9.72. The normalized spacial score (nSPS) is 30.2. The minimum absolute atomic E-state index is 0.0116. The van der Waals surface area contributed by atoms with E-state index in [1.807, 2.05) is 0 Å². The summed E-state index contributed by atoms with van der Waals surface area (Å²) in [6, 6.07) is 21.7. The zero-order valence-corrected chi connectivity index (χ0v) is 24.7. The molecule has 5 atom stereocenters. The molecule has 2 aliphatic rings. The van der Waals surface area contributed by atoms with Crippen LogP contribution in [0.1, 0.15) is 53.9 Å². The van der Waals surface area contributed by atoms with Gasteiger partial charge in [-0.1, -0.05) is 101 Å². The van der Waals surface area contributed by atoms with E-state index in [1.165, 1.54) is 10.4 Å². The SMILES string of the molecule is C=C[C@H]1[C@@](C)(COCOC)CC[C@@]12O[C@@H](CO[Si](c1ccccc1)(c1ccccc1)C(C)(C)C)C[C@@H]2C. The third-order valence-electron chi connectivity index (χ3n) is 8.97. The second-order valence-electron chi connectivity index (χ2n) is 12.4. The molecule has 37 heavy (non-hydrogen) atoms. The highest BCUT2D eigenvalue weighted by Crippen LogP contribution is 2.58. The second kappa shape index (κ2) is 11.2. The summed E-state index contributed by atoms with van der Waals surface area (Å²) in [5.41, 5.74) is -0.227. The van der Waals surface area contributed by atoms with E-state index in [-0.39, 0.29) is 28.1 Å². The molecule has 4 nitrogen and oxygen atoms in total. The molecule has 0 bridgehead atoms. The Balaban J connectivity index is 1.60. The molecule has 1 aliphatic carbocycles. The number of benzene rings is 2. The predicted molar refractivity (Wildman–Crippen MR) is 154 cm³/mol. The van der Waals surface area contributed by atoms with Crippen LogP contribution in [0.5, 0.6) is 0 Å². The van der Waals surface area contributed by atoms with Gasteiger partial charge in [0.15, 0.2) is 0 Å². The van der Waals surface area contributed by atoms with E-state index in [1.54, 1.807) is 7.11 Å². The standard InChI is InChI=1S/C32H46O4Si/c1-8-29-31(6,23-34-24-33-7)19-20-32(29)25(2)21-26(36-32)22-35-37(30(3,4)5,27-15-11-9-12-16-27)28-17-13-10-14-18-28/h8-18,25-26,29H,1,19-24H2,2-7H3/t25-,26+,29-,31+,32-/m0/s1. The van der Waals surface area contributed by atoms with Crippen LogP contribution >= 0.6 is 0 Å². The maximum Gasteiger partial charge on any atom is 0.261 e. The number of hydrogen-bond donors (Lipinski definition) is 0. The van der Waals surface area contributed by atoms with Gasteiger partial charge in [0, 0.05) is 18.4 Å². The first-order chi connectivity index (χ1) is 17.6. The van der Waals surface area contributed by atoms with Crippen molar-refractivity contribution in [2.75, 3.05) is 27.1 Å². The molecule has 1 spiro atoms. The molecule has 0 aromatic heterocycles. The van der Waals surface area contributed by atoms with Crippen LogP contribution in [0.2, 0.25) is 5.04 Å². The first-order valence-corrected chi connectivity index (χ1v) is 15.7. The Kier molecular flexibility index (Phi) is 8.51. The third kappa shape index (κ3) is 5.14. The lowest BCUT2D eigenvalue weighted by Gasteiger charge is -2.43. The average Bonchev–Trinajstić information content (AvgIpc) is 3.35. The summed E-state index contributed by atoms with van der Waals surface area (Å²) in [4.78, 5) is 0. The Morgan fingerprint density at radius 1 is 1.03 bits per heavy atom. The maximum atomic E-state index is 7.25. The molecule has 0 unspecified atom stereocenters. The van der Waals surface area contributed by atoms with Gasteiger partial charge in [-0.15, -0.1) is 6.58 Å². The largest absolute Gasteiger partial charge is 0.405 e. The maximum absolute atomic E-state index is 7.25. The van der Waals surface area contributed by atoms with Crippen molar-refractivity contribution in [3.8, 4) is 0 Å². The summed E-state index contributed by atoms with van der Waals surface area (Å²) in [6.07, 6.45) is 5.25. The van der Waals surface area contributed by atoms with Gasteiger partial charge in [-0.25, -0.2) is 0 Å². The van der Waals surface area contributed by atoms with Crippen molar-refractivity contribution >= 4 is 18.7 Å². The molecule has 2 aromatic rings. The van der Waals surface area contributed by atoms with Crippen molar-refractivity contribution in [1.29, 1.82) is 0 Å². The van der Waals surface area contributed by atoms with Gasteiger partial charge in [0.05, 0.1) is 24.9 Å². The molecule has 0 N–H and O–H groups in total. The molecular formula is C32H46O4Si. The molecule has 0 amide bonds. The van der Waals surface area contributed by atoms with Crippen LogP contribution in [0.4, 0.5) is 0 Å². The Labute approximate surface area is 225 Å². The molecule has 2 aromatic carbocycles. The average molecular weight is 523 g/mol. The van der Waals surface area contributed by atoms with Crippen LogP contribution in [0.15, 0.2) is 73.3 Å². The third-order valence-corrected chi connectivity index (χ3v) is 14.0. The summed E-state index contributed by atoms with van der Waals surface area (Å²) in [5.74, 6) is 0.650. The van der Waals surface area contributed by atoms with Crippen molar-refractivity contribution < 1.29 is 18.6 Å². The highest BCUT2D eigenvalue weighted by atomic mass is 28.4. The molecular weight excluding hydrogens is 476 g/mol. The number of rotatable bonds is 10. The zero-order chi connectivity index (χ0) is 26.7. The van der Waals surface area contributed by atoms with Crippen molar-refractivity contribution in [2.24, 2.45) is 17.3 Å². The molecule has 1 saturated heterocycles. The molecule has 4 rings (SSSR count). The first kappa shape index (κ1) is 28.3. The van der Waals surface area contributed by atoms with Crippen LogP contribution in [-0.2, 0) is 18.6 Å². The summed E-state index contributed by atoms with van der Waals surface area (Å²) in [5, 5.41) is 2.57. The molecule has 2 fully saturated rings. The lowest BCUT2D eigenvalue weighted by molar-refractivity contribution is -0.110. The monoisotopic (exact) mass is 522 g/mol. The molecule has 1 saturated carbocycles. The van der Waals surface area contributed by atoms with Crippen molar-refractivity contribution in [2.45, 2.75) is 70.6 Å². The van der Waals surface area contributed by atoms with Gasteiger partial charge < -0.3 is 18.6 Å². The van der Waals surface area contributed by atoms with Gasteiger partial charge in [-0.3, -0.25) is 0 Å². The quantitative estimate of drug-likeness (QED) is 0.167. The molecule has 1 aliphatic heterocycles. The number of ether oxygens (including phenoxy) is 3. The number of methoxy groups -OCH3 is 1. The van der Waals surface area contributed by atoms with E-state index in [9.17, 15) is 0 Å². The predicted octanol–water partition coefficient (Wildman–Crippen LogP) is 5.95.